The Bertz CT molecular complexity index is 696. The Morgan fingerprint density at radius 2 is 2.09 bits per heavy atom. The smallest absolute Gasteiger partial charge is 0.418 e. The zero-order valence-corrected chi connectivity index (χ0v) is 14.6. The van der Waals surface area contributed by atoms with Crippen molar-refractivity contribution in [1.29, 1.82) is 0 Å². The maximum absolute atomic E-state index is 12.0. The van der Waals surface area contributed by atoms with Gasteiger partial charge in [0.2, 0.25) is 0 Å². The number of nitrogens with zero attached hydrogens (tertiary/aromatic N) is 2. The third-order valence-corrected chi connectivity index (χ3v) is 3.91. The van der Waals surface area contributed by atoms with Crippen LogP contribution in [-0.2, 0) is 9.47 Å². The summed E-state index contributed by atoms with van der Waals surface area (Å²) < 4.78 is 12.4. The molecule has 0 bridgehead atoms. The molecular weight excluding hydrogens is 399 g/mol. The average molecular weight is 416 g/mol. The van der Waals surface area contributed by atoms with Crippen LogP contribution in [0, 0.1) is 3.57 Å². The highest BCUT2D eigenvalue weighted by atomic mass is 127. The van der Waals surface area contributed by atoms with Crippen LogP contribution in [0.15, 0.2) is 18.5 Å². The molecule has 0 aliphatic carbocycles. The highest BCUT2D eigenvalue weighted by molar-refractivity contribution is 14.1. The molecule has 22 heavy (non-hydrogen) atoms. The van der Waals surface area contributed by atoms with E-state index < -0.39 is 12.1 Å². The average Bonchev–Trinajstić information content (AvgIpc) is 2.84. The number of hydrogen-bond donors (Lipinski definition) is 0. The maximum atomic E-state index is 12.0. The first-order valence-electron chi connectivity index (χ1n) is 7.09. The van der Waals surface area contributed by atoms with Crippen LogP contribution in [0.5, 0.6) is 0 Å². The molecule has 0 spiro atoms. The van der Waals surface area contributed by atoms with E-state index in [1.54, 1.807) is 25.4 Å². The predicted octanol–water partition coefficient (Wildman–Crippen LogP) is 3.60. The molecule has 2 aromatic heterocycles. The summed E-state index contributed by atoms with van der Waals surface area (Å²) in [6, 6.07) is 1.56. The van der Waals surface area contributed by atoms with Crippen molar-refractivity contribution in [3.8, 4) is 0 Å². The number of rotatable bonds is 5. The fourth-order valence-electron chi connectivity index (χ4n) is 1.92. The van der Waals surface area contributed by atoms with Crippen molar-refractivity contribution in [3.05, 3.63) is 27.7 Å². The van der Waals surface area contributed by atoms with Crippen molar-refractivity contribution in [2.45, 2.75) is 26.7 Å². The molecule has 0 saturated heterocycles. The summed E-state index contributed by atoms with van der Waals surface area (Å²) in [6.45, 7) is 4.41. The minimum absolute atomic E-state index is 0.184. The fraction of sp³-hybridized carbons (Fsp3) is 0.400. The Hall–Kier alpha value is -1.64. The Balaban J connectivity index is 2.33. The number of carbonyl (C=O) groups excluding carboxylic acids is 2. The number of carbonyl (C=O) groups is 2. The molecule has 2 aromatic rings. The van der Waals surface area contributed by atoms with E-state index in [9.17, 15) is 9.59 Å². The third kappa shape index (κ3) is 3.57. The number of ether oxygens (including phenoxy) is 2. The van der Waals surface area contributed by atoms with E-state index in [4.69, 9.17) is 9.47 Å². The standard InChI is InChI=1S/C15H17IN2O4/c1-3-5-6-22-14(19)12-7-13-10(8-17-12)11(16)9-18(13)15(20)21-4-2/h7-9H,3-6H2,1-2H3. The van der Waals surface area contributed by atoms with Gasteiger partial charge in [0.25, 0.3) is 0 Å². The second-order valence-corrected chi connectivity index (χ2v) is 5.78. The van der Waals surface area contributed by atoms with Crippen molar-refractivity contribution in [3.63, 3.8) is 0 Å². The molecule has 2 heterocycles. The minimum Gasteiger partial charge on any atom is -0.461 e. The summed E-state index contributed by atoms with van der Waals surface area (Å²) in [4.78, 5) is 28.0. The lowest BCUT2D eigenvalue weighted by Crippen LogP contribution is -2.13. The van der Waals surface area contributed by atoms with Gasteiger partial charge in [-0.05, 0) is 42.0 Å². The fourth-order valence-corrected chi connectivity index (χ4v) is 2.61. The van der Waals surface area contributed by atoms with Gasteiger partial charge in [-0.2, -0.15) is 0 Å². The van der Waals surface area contributed by atoms with Gasteiger partial charge in [0, 0.05) is 21.4 Å². The Kier molecular flexibility index (Phi) is 5.76. The quantitative estimate of drug-likeness (QED) is 0.423. The number of hydrogen-bond acceptors (Lipinski definition) is 5. The number of halogens is 1. The van der Waals surface area contributed by atoms with Crippen molar-refractivity contribution in [1.82, 2.24) is 9.55 Å². The molecule has 0 aliphatic heterocycles. The van der Waals surface area contributed by atoms with E-state index in [2.05, 4.69) is 27.6 Å². The van der Waals surface area contributed by atoms with Crippen LogP contribution in [0.3, 0.4) is 0 Å². The molecule has 118 valence electrons. The number of aromatic nitrogens is 2. The highest BCUT2D eigenvalue weighted by Crippen LogP contribution is 2.23. The normalized spacial score (nSPS) is 10.7. The maximum Gasteiger partial charge on any atom is 0.418 e. The summed E-state index contributed by atoms with van der Waals surface area (Å²) in [6.07, 6.45) is 4.52. The van der Waals surface area contributed by atoms with Crippen molar-refractivity contribution in [2.24, 2.45) is 0 Å². The van der Waals surface area contributed by atoms with Crippen LogP contribution in [0.1, 0.15) is 37.2 Å². The lowest BCUT2D eigenvalue weighted by atomic mass is 10.3. The minimum atomic E-state index is -0.484. The van der Waals surface area contributed by atoms with Crippen LogP contribution in [0.4, 0.5) is 4.79 Å². The van der Waals surface area contributed by atoms with Crippen LogP contribution < -0.4 is 0 Å². The van der Waals surface area contributed by atoms with Gasteiger partial charge in [-0.3, -0.25) is 4.57 Å². The highest BCUT2D eigenvalue weighted by Gasteiger charge is 2.17. The van der Waals surface area contributed by atoms with Crippen molar-refractivity contribution in [2.75, 3.05) is 13.2 Å². The van der Waals surface area contributed by atoms with Crippen LogP contribution >= 0.6 is 22.6 Å². The lowest BCUT2D eigenvalue weighted by Gasteiger charge is -2.06. The van der Waals surface area contributed by atoms with Gasteiger partial charge in [-0.15, -0.1) is 0 Å². The number of pyridine rings is 1. The monoisotopic (exact) mass is 416 g/mol. The van der Waals surface area contributed by atoms with Crippen LogP contribution in [0.25, 0.3) is 10.9 Å². The van der Waals surface area contributed by atoms with Gasteiger partial charge >= 0.3 is 12.1 Å². The van der Waals surface area contributed by atoms with E-state index in [-0.39, 0.29) is 12.3 Å². The summed E-state index contributed by atoms with van der Waals surface area (Å²) in [7, 11) is 0. The lowest BCUT2D eigenvalue weighted by molar-refractivity contribution is 0.0493. The zero-order chi connectivity index (χ0) is 16.1. The second-order valence-electron chi connectivity index (χ2n) is 4.62. The second kappa shape index (κ2) is 7.57. The van der Waals surface area contributed by atoms with Crippen molar-refractivity contribution >= 4 is 45.6 Å². The van der Waals surface area contributed by atoms with Gasteiger partial charge < -0.3 is 9.47 Å². The van der Waals surface area contributed by atoms with Gasteiger partial charge in [-0.1, -0.05) is 13.3 Å². The summed E-state index contributed by atoms with van der Waals surface area (Å²) in [5, 5.41) is 0.791. The van der Waals surface area contributed by atoms with Gasteiger partial charge in [-0.25, -0.2) is 14.6 Å². The molecule has 0 aromatic carbocycles. The first-order valence-corrected chi connectivity index (χ1v) is 8.17. The first-order chi connectivity index (χ1) is 10.6. The largest absolute Gasteiger partial charge is 0.461 e. The SMILES string of the molecule is CCCCOC(=O)c1cc2c(cn1)c(I)cn2C(=O)OCC. The molecule has 0 radical (unpaired) electrons. The molecule has 0 atom stereocenters. The molecule has 0 amide bonds. The topological polar surface area (TPSA) is 70.4 Å². The van der Waals surface area contributed by atoms with Gasteiger partial charge in [0.15, 0.2) is 0 Å². The molecule has 6 nitrogen and oxygen atoms in total. The van der Waals surface area contributed by atoms with E-state index in [0.29, 0.717) is 12.1 Å². The molecule has 7 heteroatoms. The zero-order valence-electron chi connectivity index (χ0n) is 12.5. The Morgan fingerprint density at radius 3 is 2.77 bits per heavy atom. The molecule has 0 unspecified atom stereocenters. The van der Waals surface area contributed by atoms with E-state index >= 15 is 0 Å². The summed E-state index contributed by atoms with van der Waals surface area (Å²) >= 11 is 2.11. The summed E-state index contributed by atoms with van der Waals surface area (Å²) in [5.74, 6) is -0.484. The molecule has 0 N–H and O–H groups in total. The molecule has 2 rings (SSSR count). The number of fused-ring (bicyclic) bond motifs is 1. The summed E-state index contributed by atoms with van der Waals surface area (Å²) in [5.41, 5.74) is 0.768. The molecule has 0 aliphatic rings. The van der Waals surface area contributed by atoms with Crippen LogP contribution in [0.2, 0.25) is 0 Å². The number of esters is 1. The Morgan fingerprint density at radius 1 is 1.32 bits per heavy atom. The Labute approximate surface area is 141 Å². The predicted molar refractivity (Wildman–Crippen MR) is 90.1 cm³/mol. The molecule has 0 saturated carbocycles. The number of unbranched alkanes of at least 4 members (excludes halogenated alkanes) is 1. The van der Waals surface area contributed by atoms with E-state index in [1.165, 1.54) is 4.57 Å². The third-order valence-electron chi connectivity index (χ3n) is 3.05. The van der Waals surface area contributed by atoms with Crippen molar-refractivity contribution < 1.29 is 19.1 Å². The van der Waals surface area contributed by atoms with Crippen LogP contribution in [-0.4, -0.2) is 34.8 Å². The van der Waals surface area contributed by atoms with Gasteiger partial charge in [0.05, 0.1) is 18.7 Å². The first kappa shape index (κ1) is 16.7. The van der Waals surface area contributed by atoms with E-state index in [0.717, 1.165) is 21.8 Å². The molecule has 0 fully saturated rings. The molecular formula is C15H17IN2O4. The van der Waals surface area contributed by atoms with E-state index in [1.807, 2.05) is 6.92 Å². The van der Waals surface area contributed by atoms with Gasteiger partial charge in [0.1, 0.15) is 5.69 Å².